The van der Waals surface area contributed by atoms with Crippen molar-refractivity contribution in [3.05, 3.63) is 42.8 Å². The van der Waals surface area contributed by atoms with Gasteiger partial charge in [0.05, 0.1) is 0 Å². The Bertz CT molecular complexity index is 134. The summed E-state index contributed by atoms with van der Waals surface area (Å²) in [4.78, 5) is 0. The van der Waals surface area contributed by atoms with Crippen LogP contribution in [0.5, 0.6) is 0 Å². The molecule has 1 aromatic rings. The second-order valence-electron chi connectivity index (χ2n) is 1.49. The van der Waals surface area contributed by atoms with Gasteiger partial charge in [0.1, 0.15) is 0 Å². The van der Waals surface area contributed by atoms with Crippen molar-refractivity contribution in [2.45, 2.75) is 0 Å². The summed E-state index contributed by atoms with van der Waals surface area (Å²) >= 11 is 0. The molecule has 1 aromatic carbocycles. The SMILES string of the molecule is [CH2-]c1ccccc1.[Zr+2]. The van der Waals surface area contributed by atoms with Crippen molar-refractivity contribution in [2.24, 2.45) is 0 Å². The Hall–Kier alpha value is -0.0269. The van der Waals surface area contributed by atoms with E-state index in [1.807, 2.05) is 30.3 Å². The Labute approximate surface area is 69.0 Å². The van der Waals surface area contributed by atoms with Crippen LogP contribution in [0.2, 0.25) is 0 Å². The molecule has 0 saturated carbocycles. The summed E-state index contributed by atoms with van der Waals surface area (Å²) in [6.07, 6.45) is 0. The fourth-order valence-electron chi connectivity index (χ4n) is 0.478. The van der Waals surface area contributed by atoms with Crippen LogP contribution in [0.4, 0.5) is 0 Å². The molecular formula is C7H7Zr+. The smallest absolute Gasteiger partial charge is 0.199 e. The number of rotatable bonds is 0. The Kier molecular flexibility index (Phi) is 3.90. The van der Waals surface area contributed by atoms with Crippen LogP contribution in [0, 0.1) is 6.92 Å². The van der Waals surface area contributed by atoms with Crippen molar-refractivity contribution in [3.8, 4) is 0 Å². The maximum atomic E-state index is 3.72. The first-order chi connectivity index (χ1) is 3.39. The zero-order chi connectivity index (χ0) is 5.11. The molecule has 0 aromatic heterocycles. The van der Waals surface area contributed by atoms with Crippen LogP contribution in [0.15, 0.2) is 30.3 Å². The Morgan fingerprint density at radius 2 is 1.50 bits per heavy atom. The molecule has 1 heteroatoms. The summed E-state index contributed by atoms with van der Waals surface area (Å²) in [5, 5.41) is 0. The molecule has 0 fully saturated rings. The van der Waals surface area contributed by atoms with E-state index in [1.54, 1.807) is 0 Å². The van der Waals surface area contributed by atoms with Gasteiger partial charge in [0.2, 0.25) is 0 Å². The van der Waals surface area contributed by atoms with E-state index in [2.05, 4.69) is 6.92 Å². The minimum absolute atomic E-state index is 0. The second-order valence-corrected chi connectivity index (χ2v) is 1.49. The van der Waals surface area contributed by atoms with Gasteiger partial charge in [-0.15, -0.1) is 12.1 Å². The van der Waals surface area contributed by atoms with Crippen LogP contribution < -0.4 is 0 Å². The van der Waals surface area contributed by atoms with E-state index in [1.165, 1.54) is 0 Å². The van der Waals surface area contributed by atoms with E-state index in [0.717, 1.165) is 5.56 Å². The standard InChI is InChI=1S/C7H7.Zr/c1-7-5-3-2-4-6-7;/h2-6H,1H2;/q-1;+2. The second kappa shape index (κ2) is 3.91. The molecule has 0 atom stereocenters. The van der Waals surface area contributed by atoms with Gasteiger partial charge < -0.3 is 0 Å². The van der Waals surface area contributed by atoms with Gasteiger partial charge in [-0.05, 0) is 0 Å². The summed E-state index contributed by atoms with van der Waals surface area (Å²) in [6.45, 7) is 3.72. The third kappa shape index (κ3) is 2.32. The van der Waals surface area contributed by atoms with E-state index in [0.29, 0.717) is 0 Å². The van der Waals surface area contributed by atoms with E-state index in [4.69, 9.17) is 0 Å². The predicted octanol–water partition coefficient (Wildman–Crippen LogP) is 1.87. The number of hydrogen-bond donors (Lipinski definition) is 0. The van der Waals surface area contributed by atoms with Gasteiger partial charge in [0, 0.05) is 0 Å². The molecule has 0 amide bonds. The van der Waals surface area contributed by atoms with E-state index < -0.39 is 0 Å². The summed E-state index contributed by atoms with van der Waals surface area (Å²) < 4.78 is 0. The first-order valence-electron chi connectivity index (χ1n) is 2.26. The van der Waals surface area contributed by atoms with Gasteiger partial charge in [-0.1, -0.05) is 6.07 Å². The maximum Gasteiger partial charge on any atom is 2.00 e. The topological polar surface area (TPSA) is 0 Å². The van der Waals surface area contributed by atoms with Gasteiger partial charge in [0.15, 0.2) is 0 Å². The summed E-state index contributed by atoms with van der Waals surface area (Å²) in [5.41, 5.74) is 1.07. The summed E-state index contributed by atoms with van der Waals surface area (Å²) in [7, 11) is 0. The molecule has 0 nitrogen and oxygen atoms in total. The fraction of sp³-hybridized carbons (Fsp3) is 0. The molecule has 0 radical (unpaired) electrons. The fourth-order valence-corrected chi connectivity index (χ4v) is 0.478. The molecule has 8 heavy (non-hydrogen) atoms. The average molecular weight is 182 g/mol. The summed E-state index contributed by atoms with van der Waals surface area (Å²) in [5.74, 6) is 0. The Morgan fingerprint density at radius 1 is 1.00 bits per heavy atom. The molecule has 0 saturated heterocycles. The van der Waals surface area contributed by atoms with Crippen LogP contribution in [0.25, 0.3) is 0 Å². The molecule has 0 spiro atoms. The quantitative estimate of drug-likeness (QED) is 0.537. The van der Waals surface area contributed by atoms with Crippen molar-refractivity contribution in [1.29, 1.82) is 0 Å². The zero-order valence-corrected chi connectivity index (χ0v) is 7.05. The van der Waals surface area contributed by atoms with Crippen molar-refractivity contribution in [2.75, 3.05) is 0 Å². The molecule has 0 N–H and O–H groups in total. The van der Waals surface area contributed by atoms with Crippen LogP contribution in [-0.2, 0) is 26.2 Å². The molecule has 0 unspecified atom stereocenters. The van der Waals surface area contributed by atoms with Gasteiger partial charge in [-0.2, -0.15) is 24.6 Å². The average Bonchev–Trinajstić information content (AvgIpc) is 1.69. The van der Waals surface area contributed by atoms with Crippen molar-refractivity contribution in [3.63, 3.8) is 0 Å². The normalized spacial score (nSPS) is 7.50. The van der Waals surface area contributed by atoms with Crippen molar-refractivity contribution >= 4 is 0 Å². The molecule has 1 rings (SSSR count). The van der Waals surface area contributed by atoms with Crippen LogP contribution in [0.1, 0.15) is 5.56 Å². The first-order valence-corrected chi connectivity index (χ1v) is 2.26. The molecule has 0 aliphatic heterocycles. The first kappa shape index (κ1) is 7.97. The number of hydrogen-bond acceptors (Lipinski definition) is 0. The van der Waals surface area contributed by atoms with Crippen molar-refractivity contribution < 1.29 is 26.2 Å². The molecule has 0 aliphatic carbocycles. The molecule has 0 aliphatic rings. The largest absolute Gasteiger partial charge is 2.00 e. The van der Waals surface area contributed by atoms with Gasteiger partial charge in [0.25, 0.3) is 0 Å². The summed E-state index contributed by atoms with van der Waals surface area (Å²) in [6, 6.07) is 9.87. The Balaban J connectivity index is 0.000000490. The van der Waals surface area contributed by atoms with Gasteiger partial charge in [-0.25, -0.2) is 0 Å². The van der Waals surface area contributed by atoms with E-state index in [-0.39, 0.29) is 26.2 Å². The van der Waals surface area contributed by atoms with Crippen LogP contribution in [0.3, 0.4) is 0 Å². The molecule has 0 heterocycles. The van der Waals surface area contributed by atoms with Gasteiger partial charge in [-0.3, -0.25) is 0 Å². The van der Waals surface area contributed by atoms with Crippen LogP contribution >= 0.6 is 0 Å². The zero-order valence-electron chi connectivity index (χ0n) is 4.59. The van der Waals surface area contributed by atoms with Gasteiger partial charge >= 0.3 is 26.2 Å². The predicted molar refractivity (Wildman–Crippen MR) is 30.9 cm³/mol. The molecule has 38 valence electrons. The van der Waals surface area contributed by atoms with Crippen LogP contribution in [-0.4, -0.2) is 0 Å². The molecular weight excluding hydrogens is 175 g/mol. The maximum absolute atomic E-state index is 3.72. The van der Waals surface area contributed by atoms with E-state index >= 15 is 0 Å². The third-order valence-corrected chi connectivity index (χ3v) is 0.843. The van der Waals surface area contributed by atoms with Crippen molar-refractivity contribution in [1.82, 2.24) is 0 Å². The minimum Gasteiger partial charge on any atom is -0.199 e. The van der Waals surface area contributed by atoms with E-state index in [9.17, 15) is 0 Å². The number of benzene rings is 1. The third-order valence-electron chi connectivity index (χ3n) is 0.843. The Morgan fingerprint density at radius 3 is 1.75 bits per heavy atom. The molecule has 0 bridgehead atoms. The minimum atomic E-state index is 0. The monoisotopic (exact) mass is 181 g/mol.